The van der Waals surface area contributed by atoms with Gasteiger partial charge in [0.2, 0.25) is 0 Å². The summed E-state index contributed by atoms with van der Waals surface area (Å²) in [4.78, 5) is 13.3. The molecule has 0 aliphatic carbocycles. The van der Waals surface area contributed by atoms with E-state index in [1.54, 1.807) is 0 Å². The summed E-state index contributed by atoms with van der Waals surface area (Å²) in [6, 6.07) is 24.2. The molecule has 0 saturated heterocycles. The summed E-state index contributed by atoms with van der Waals surface area (Å²) in [7, 11) is 0. The molecule has 30 heavy (non-hydrogen) atoms. The van der Waals surface area contributed by atoms with Crippen molar-refractivity contribution in [3.8, 4) is 11.5 Å². The molecule has 1 unspecified atom stereocenters. The summed E-state index contributed by atoms with van der Waals surface area (Å²) in [5.74, 6) is 0.649. The van der Waals surface area contributed by atoms with Gasteiger partial charge < -0.3 is 9.88 Å². The van der Waals surface area contributed by atoms with Gasteiger partial charge in [-0.25, -0.2) is 4.68 Å². The first-order chi connectivity index (χ1) is 14.6. The lowest BCUT2D eigenvalue weighted by atomic mass is 10.1. The van der Waals surface area contributed by atoms with E-state index in [9.17, 15) is 4.79 Å². The quantitative estimate of drug-likeness (QED) is 0.490. The topological polar surface area (TPSA) is 51.9 Å². The predicted molar refractivity (Wildman–Crippen MR) is 119 cm³/mol. The highest BCUT2D eigenvalue weighted by Gasteiger charge is 2.24. The maximum Gasteiger partial charge on any atom is 0.257 e. The van der Waals surface area contributed by atoms with E-state index in [0.29, 0.717) is 11.3 Å². The monoisotopic (exact) mass is 398 g/mol. The van der Waals surface area contributed by atoms with Gasteiger partial charge in [-0.05, 0) is 56.5 Å². The van der Waals surface area contributed by atoms with Crippen LogP contribution in [0.3, 0.4) is 0 Å². The second-order valence-electron chi connectivity index (χ2n) is 7.52. The molecule has 4 aromatic rings. The number of aromatic nitrogens is 3. The van der Waals surface area contributed by atoms with Crippen LogP contribution in [0.5, 0.6) is 0 Å². The summed E-state index contributed by atoms with van der Waals surface area (Å²) in [5, 5.41) is 7.86. The largest absolute Gasteiger partial charge is 0.349 e. The number of aryl methyl sites for hydroxylation is 2. The molecule has 1 amide bonds. The number of para-hydroxylation sites is 1. The molecule has 2 aromatic heterocycles. The molecular weight excluding hydrogens is 372 g/mol. The Morgan fingerprint density at radius 1 is 0.967 bits per heavy atom. The zero-order valence-corrected chi connectivity index (χ0v) is 17.3. The number of benzene rings is 2. The van der Waals surface area contributed by atoms with Crippen LogP contribution in [-0.4, -0.2) is 26.3 Å². The van der Waals surface area contributed by atoms with Crippen molar-refractivity contribution in [3.63, 3.8) is 0 Å². The third-order valence-electron chi connectivity index (χ3n) is 5.20. The standard InChI is InChI=1S/C25H26N4O/c1-19(15-16-21-11-5-3-6-12-21)26-24(30)23-20(2)27-29(22-13-7-4-8-14-22)25(23)28-17-9-10-18-28/h3-14,17-19H,15-16H2,1-2H3,(H,26,30). The molecular formula is C25H26N4O. The van der Waals surface area contributed by atoms with E-state index in [1.807, 2.05) is 96.2 Å². The van der Waals surface area contributed by atoms with Crippen LogP contribution in [0.25, 0.3) is 11.5 Å². The smallest absolute Gasteiger partial charge is 0.257 e. The Hall–Kier alpha value is -3.60. The molecule has 1 N–H and O–H groups in total. The van der Waals surface area contributed by atoms with Crippen molar-refractivity contribution in [2.45, 2.75) is 32.7 Å². The fourth-order valence-corrected chi connectivity index (χ4v) is 3.64. The van der Waals surface area contributed by atoms with Gasteiger partial charge in [0.1, 0.15) is 5.56 Å². The van der Waals surface area contributed by atoms with Gasteiger partial charge in [-0.1, -0.05) is 48.5 Å². The lowest BCUT2D eigenvalue weighted by molar-refractivity contribution is 0.0938. The van der Waals surface area contributed by atoms with Gasteiger partial charge in [-0.3, -0.25) is 4.79 Å². The van der Waals surface area contributed by atoms with Crippen molar-refractivity contribution in [1.82, 2.24) is 19.7 Å². The molecule has 0 saturated carbocycles. The maximum absolute atomic E-state index is 13.3. The van der Waals surface area contributed by atoms with Gasteiger partial charge in [-0.2, -0.15) is 5.10 Å². The van der Waals surface area contributed by atoms with Crippen molar-refractivity contribution in [3.05, 3.63) is 102 Å². The van der Waals surface area contributed by atoms with Crippen LogP contribution in [0, 0.1) is 6.92 Å². The van der Waals surface area contributed by atoms with Crippen molar-refractivity contribution in [2.24, 2.45) is 0 Å². The lowest BCUT2D eigenvalue weighted by Gasteiger charge is -2.15. The third kappa shape index (κ3) is 4.20. The number of carbonyl (C=O) groups is 1. The highest BCUT2D eigenvalue weighted by atomic mass is 16.1. The summed E-state index contributed by atoms with van der Waals surface area (Å²) in [6.07, 6.45) is 5.67. The second-order valence-corrected chi connectivity index (χ2v) is 7.52. The zero-order valence-electron chi connectivity index (χ0n) is 17.3. The van der Waals surface area contributed by atoms with Gasteiger partial charge in [-0.15, -0.1) is 0 Å². The maximum atomic E-state index is 13.3. The minimum Gasteiger partial charge on any atom is -0.349 e. The van der Waals surface area contributed by atoms with Crippen LogP contribution in [0.4, 0.5) is 0 Å². The fraction of sp³-hybridized carbons (Fsp3) is 0.200. The summed E-state index contributed by atoms with van der Waals surface area (Å²) in [5.41, 5.74) is 3.50. The predicted octanol–water partition coefficient (Wildman–Crippen LogP) is 4.72. The number of nitrogens with zero attached hydrogens (tertiary/aromatic N) is 3. The average Bonchev–Trinajstić information content (AvgIpc) is 3.41. The average molecular weight is 399 g/mol. The van der Waals surface area contributed by atoms with E-state index in [-0.39, 0.29) is 11.9 Å². The van der Waals surface area contributed by atoms with Crippen molar-refractivity contribution in [1.29, 1.82) is 0 Å². The highest BCUT2D eigenvalue weighted by Crippen LogP contribution is 2.23. The molecule has 0 fully saturated rings. The highest BCUT2D eigenvalue weighted by molar-refractivity contribution is 5.98. The Morgan fingerprint density at radius 2 is 1.60 bits per heavy atom. The van der Waals surface area contributed by atoms with E-state index < -0.39 is 0 Å². The van der Waals surface area contributed by atoms with Gasteiger partial charge in [0.15, 0.2) is 5.82 Å². The number of carbonyl (C=O) groups excluding carboxylic acids is 1. The number of nitrogens with one attached hydrogen (secondary N) is 1. The molecule has 0 aliphatic heterocycles. The van der Waals surface area contributed by atoms with Crippen molar-refractivity contribution in [2.75, 3.05) is 0 Å². The molecule has 0 bridgehead atoms. The van der Waals surface area contributed by atoms with Crippen molar-refractivity contribution < 1.29 is 4.79 Å². The number of hydrogen-bond acceptors (Lipinski definition) is 2. The van der Waals surface area contributed by atoms with E-state index >= 15 is 0 Å². The minimum atomic E-state index is -0.0982. The van der Waals surface area contributed by atoms with Gasteiger partial charge in [0.25, 0.3) is 5.91 Å². The Morgan fingerprint density at radius 3 is 2.27 bits per heavy atom. The van der Waals surface area contributed by atoms with Gasteiger partial charge >= 0.3 is 0 Å². The Labute approximate surface area is 177 Å². The molecule has 0 spiro atoms. The summed E-state index contributed by atoms with van der Waals surface area (Å²) in [6.45, 7) is 3.93. The van der Waals surface area contributed by atoms with E-state index in [1.165, 1.54) is 5.56 Å². The van der Waals surface area contributed by atoms with E-state index in [2.05, 4.69) is 17.4 Å². The first kappa shape index (κ1) is 19.7. The lowest BCUT2D eigenvalue weighted by Crippen LogP contribution is -2.33. The minimum absolute atomic E-state index is 0.0506. The molecule has 4 rings (SSSR count). The van der Waals surface area contributed by atoms with E-state index in [0.717, 1.165) is 24.3 Å². The molecule has 0 radical (unpaired) electrons. The first-order valence-electron chi connectivity index (χ1n) is 10.3. The molecule has 152 valence electrons. The summed E-state index contributed by atoms with van der Waals surface area (Å²) >= 11 is 0. The molecule has 1 atom stereocenters. The fourth-order valence-electron chi connectivity index (χ4n) is 3.64. The van der Waals surface area contributed by atoms with Gasteiger partial charge in [0, 0.05) is 18.4 Å². The number of rotatable bonds is 7. The Balaban J connectivity index is 1.60. The Kier molecular flexibility index (Phi) is 5.80. The molecule has 5 nitrogen and oxygen atoms in total. The second kappa shape index (κ2) is 8.82. The van der Waals surface area contributed by atoms with Crippen LogP contribution >= 0.6 is 0 Å². The molecule has 0 aliphatic rings. The summed E-state index contributed by atoms with van der Waals surface area (Å²) < 4.78 is 3.77. The number of amides is 1. The normalized spacial score (nSPS) is 11.9. The third-order valence-corrected chi connectivity index (χ3v) is 5.20. The van der Waals surface area contributed by atoms with Crippen LogP contribution in [-0.2, 0) is 6.42 Å². The van der Waals surface area contributed by atoms with E-state index in [4.69, 9.17) is 5.10 Å². The SMILES string of the molecule is Cc1nn(-c2ccccc2)c(-n2cccc2)c1C(=O)NC(C)CCc1ccccc1. The Bertz CT molecular complexity index is 1100. The van der Waals surface area contributed by atoms with Crippen LogP contribution in [0.2, 0.25) is 0 Å². The first-order valence-corrected chi connectivity index (χ1v) is 10.3. The molecule has 2 aromatic carbocycles. The molecule has 2 heterocycles. The van der Waals surface area contributed by atoms with Gasteiger partial charge in [0.05, 0.1) is 11.4 Å². The van der Waals surface area contributed by atoms with Crippen LogP contribution in [0.15, 0.2) is 85.2 Å². The zero-order chi connectivity index (χ0) is 20.9. The molecule has 5 heteroatoms. The van der Waals surface area contributed by atoms with Crippen molar-refractivity contribution >= 4 is 5.91 Å². The van der Waals surface area contributed by atoms with Crippen LogP contribution < -0.4 is 5.32 Å². The number of hydrogen-bond donors (Lipinski definition) is 1. The van der Waals surface area contributed by atoms with Crippen LogP contribution in [0.1, 0.15) is 35.0 Å².